The van der Waals surface area contributed by atoms with Gasteiger partial charge in [-0.1, -0.05) is 0 Å². The van der Waals surface area contributed by atoms with E-state index in [0.29, 0.717) is 19.7 Å². The van der Waals surface area contributed by atoms with Gasteiger partial charge in [-0.25, -0.2) is 13.6 Å². The van der Waals surface area contributed by atoms with E-state index in [9.17, 15) is 13.6 Å². The Morgan fingerprint density at radius 2 is 2.36 bits per heavy atom. The van der Waals surface area contributed by atoms with Gasteiger partial charge in [-0.15, -0.1) is 0 Å². The zero-order valence-corrected chi connectivity index (χ0v) is 12.5. The Kier molecular flexibility index (Phi) is 5.09. The molecule has 1 fully saturated rings. The molecule has 1 aromatic rings. The van der Waals surface area contributed by atoms with Gasteiger partial charge in [0.05, 0.1) is 12.7 Å². The molecule has 1 aromatic heterocycles. The van der Waals surface area contributed by atoms with Crippen LogP contribution in [0.3, 0.4) is 0 Å². The van der Waals surface area contributed by atoms with Crippen LogP contribution >= 0.6 is 0 Å². The summed E-state index contributed by atoms with van der Waals surface area (Å²) in [5, 5.41) is 0. The molecule has 0 bridgehead atoms. The summed E-state index contributed by atoms with van der Waals surface area (Å²) >= 11 is 0. The SMILES string of the molecule is COCCN(C)C[C@@H]1CC(F)(F)[C@H](n2ccc(N)nc2=O)O1. The highest BCUT2D eigenvalue weighted by atomic mass is 19.3. The van der Waals surface area contributed by atoms with E-state index in [4.69, 9.17) is 15.2 Å². The number of likely N-dealkylation sites (N-methyl/N-ethyl adjacent to an activating group) is 1. The second kappa shape index (κ2) is 6.67. The van der Waals surface area contributed by atoms with Crippen LogP contribution in [0.15, 0.2) is 17.1 Å². The van der Waals surface area contributed by atoms with Gasteiger partial charge in [-0.2, -0.15) is 4.98 Å². The molecule has 0 spiro atoms. The van der Waals surface area contributed by atoms with Crippen LogP contribution in [-0.4, -0.2) is 60.3 Å². The summed E-state index contributed by atoms with van der Waals surface area (Å²) in [7, 11) is 3.37. The van der Waals surface area contributed by atoms with Gasteiger partial charge >= 0.3 is 5.69 Å². The van der Waals surface area contributed by atoms with Gasteiger partial charge in [-0.3, -0.25) is 4.57 Å². The van der Waals surface area contributed by atoms with E-state index in [-0.39, 0.29) is 5.82 Å². The van der Waals surface area contributed by atoms with Crippen molar-refractivity contribution in [2.45, 2.75) is 24.7 Å². The van der Waals surface area contributed by atoms with E-state index in [0.717, 1.165) is 4.57 Å². The summed E-state index contributed by atoms with van der Waals surface area (Å²) in [6, 6.07) is 1.29. The van der Waals surface area contributed by atoms with Crippen molar-refractivity contribution in [1.82, 2.24) is 14.5 Å². The highest BCUT2D eigenvalue weighted by Crippen LogP contribution is 2.41. The summed E-state index contributed by atoms with van der Waals surface area (Å²) in [6.45, 7) is 1.44. The first-order chi connectivity index (χ1) is 10.3. The maximum absolute atomic E-state index is 14.1. The molecular weight excluding hydrogens is 298 g/mol. The molecule has 2 rings (SSSR count). The van der Waals surface area contributed by atoms with Crippen molar-refractivity contribution in [1.29, 1.82) is 0 Å². The number of hydrogen-bond donors (Lipinski definition) is 1. The number of hydrogen-bond acceptors (Lipinski definition) is 6. The second-order valence-electron chi connectivity index (χ2n) is 5.37. The molecule has 0 aromatic carbocycles. The van der Waals surface area contributed by atoms with E-state index in [1.165, 1.54) is 12.3 Å². The van der Waals surface area contributed by atoms with Crippen molar-refractivity contribution < 1.29 is 18.3 Å². The first-order valence-corrected chi connectivity index (χ1v) is 6.89. The Bertz CT molecular complexity index is 566. The van der Waals surface area contributed by atoms with Gasteiger partial charge in [0.25, 0.3) is 5.92 Å². The predicted octanol–water partition coefficient (Wildman–Crippen LogP) is 0.327. The summed E-state index contributed by atoms with van der Waals surface area (Å²) in [4.78, 5) is 17.0. The molecule has 1 aliphatic heterocycles. The fraction of sp³-hybridized carbons (Fsp3) is 0.692. The summed E-state index contributed by atoms with van der Waals surface area (Å²) < 4.78 is 39.4. The lowest BCUT2D eigenvalue weighted by Crippen LogP contribution is -2.35. The molecular formula is C13H20F2N4O3. The van der Waals surface area contributed by atoms with E-state index in [1.807, 2.05) is 4.90 Å². The van der Waals surface area contributed by atoms with Crippen LogP contribution in [-0.2, 0) is 9.47 Å². The van der Waals surface area contributed by atoms with Crippen LogP contribution in [0, 0.1) is 0 Å². The van der Waals surface area contributed by atoms with Crippen molar-refractivity contribution in [2.24, 2.45) is 0 Å². The van der Waals surface area contributed by atoms with Gasteiger partial charge in [0.15, 0.2) is 0 Å². The maximum Gasteiger partial charge on any atom is 0.351 e. The third kappa shape index (κ3) is 3.79. The summed E-state index contributed by atoms with van der Waals surface area (Å²) in [5.41, 5.74) is 4.51. The van der Waals surface area contributed by atoms with Crippen LogP contribution < -0.4 is 11.4 Å². The standard InChI is InChI=1S/C13H20F2N4O3/c1-18(5-6-21-2)8-9-7-13(14,15)11(22-9)19-4-3-10(16)17-12(19)20/h3-4,9,11H,5-8H2,1-2H3,(H2,16,17,20)/t9-,11+/m0/s1. The fourth-order valence-electron chi connectivity index (χ4n) is 2.40. The second-order valence-corrected chi connectivity index (χ2v) is 5.37. The quantitative estimate of drug-likeness (QED) is 0.814. The van der Waals surface area contributed by atoms with Crippen LogP contribution in [0.5, 0.6) is 0 Å². The zero-order chi connectivity index (χ0) is 16.3. The lowest BCUT2D eigenvalue weighted by atomic mass is 10.1. The van der Waals surface area contributed by atoms with Crippen LogP contribution in [0.1, 0.15) is 12.6 Å². The number of aromatic nitrogens is 2. The largest absolute Gasteiger partial charge is 0.383 e. The normalized spacial score (nSPS) is 24.0. The summed E-state index contributed by atoms with van der Waals surface area (Å²) in [5.74, 6) is -3.16. The number of halogens is 2. The van der Waals surface area contributed by atoms with E-state index < -0.39 is 30.4 Å². The molecule has 2 N–H and O–H groups in total. The van der Waals surface area contributed by atoms with Crippen molar-refractivity contribution in [3.05, 3.63) is 22.7 Å². The molecule has 1 saturated heterocycles. The Balaban J connectivity index is 2.08. The average Bonchev–Trinajstić information content (AvgIpc) is 2.71. The molecule has 0 aliphatic carbocycles. The highest BCUT2D eigenvalue weighted by Gasteiger charge is 2.51. The number of anilines is 1. The summed E-state index contributed by atoms with van der Waals surface area (Å²) in [6.07, 6.45) is -1.60. The Morgan fingerprint density at radius 1 is 1.64 bits per heavy atom. The Hall–Kier alpha value is -1.58. The molecule has 1 aliphatic rings. The third-order valence-electron chi connectivity index (χ3n) is 3.48. The van der Waals surface area contributed by atoms with Crippen molar-refractivity contribution in [3.63, 3.8) is 0 Å². The first kappa shape index (κ1) is 16.8. The molecule has 0 saturated carbocycles. The number of alkyl halides is 2. The lowest BCUT2D eigenvalue weighted by Gasteiger charge is -2.21. The Labute approximate surface area is 126 Å². The monoisotopic (exact) mass is 318 g/mol. The third-order valence-corrected chi connectivity index (χ3v) is 3.48. The Morgan fingerprint density at radius 3 is 3.00 bits per heavy atom. The predicted molar refractivity (Wildman–Crippen MR) is 75.8 cm³/mol. The number of nitrogen functional groups attached to an aromatic ring is 1. The maximum atomic E-state index is 14.1. The molecule has 2 heterocycles. The highest BCUT2D eigenvalue weighted by molar-refractivity contribution is 5.23. The zero-order valence-electron chi connectivity index (χ0n) is 12.5. The topological polar surface area (TPSA) is 82.6 Å². The van der Waals surface area contributed by atoms with Gasteiger partial charge < -0.3 is 20.1 Å². The molecule has 0 amide bonds. The first-order valence-electron chi connectivity index (χ1n) is 6.89. The van der Waals surface area contributed by atoms with Crippen LogP contribution in [0.2, 0.25) is 0 Å². The average molecular weight is 318 g/mol. The van der Waals surface area contributed by atoms with Crippen LogP contribution in [0.25, 0.3) is 0 Å². The van der Waals surface area contributed by atoms with Gasteiger partial charge in [-0.05, 0) is 13.1 Å². The number of nitrogens with two attached hydrogens (primary N) is 1. The minimum Gasteiger partial charge on any atom is -0.383 e. The molecule has 9 heteroatoms. The van der Waals surface area contributed by atoms with E-state index in [2.05, 4.69) is 4.98 Å². The molecule has 0 unspecified atom stereocenters. The molecule has 7 nitrogen and oxygen atoms in total. The van der Waals surface area contributed by atoms with Gasteiger partial charge in [0, 0.05) is 32.8 Å². The smallest absolute Gasteiger partial charge is 0.351 e. The molecule has 0 radical (unpaired) electrons. The molecule has 22 heavy (non-hydrogen) atoms. The number of ether oxygens (including phenoxy) is 2. The fourth-order valence-corrected chi connectivity index (χ4v) is 2.40. The molecule has 124 valence electrons. The van der Waals surface area contributed by atoms with Gasteiger partial charge in [0.2, 0.25) is 6.23 Å². The van der Waals surface area contributed by atoms with E-state index >= 15 is 0 Å². The molecule has 2 atom stereocenters. The van der Waals surface area contributed by atoms with Crippen LogP contribution in [0.4, 0.5) is 14.6 Å². The number of methoxy groups -OCH3 is 1. The van der Waals surface area contributed by atoms with Crippen molar-refractivity contribution >= 4 is 5.82 Å². The number of rotatable bonds is 6. The minimum atomic E-state index is -3.14. The number of nitrogens with zero attached hydrogens (tertiary/aromatic N) is 3. The van der Waals surface area contributed by atoms with Crippen molar-refractivity contribution in [3.8, 4) is 0 Å². The lowest BCUT2D eigenvalue weighted by molar-refractivity contribution is -0.118. The van der Waals surface area contributed by atoms with E-state index in [1.54, 1.807) is 14.2 Å². The van der Waals surface area contributed by atoms with Gasteiger partial charge in [0.1, 0.15) is 5.82 Å². The minimum absolute atomic E-state index is 0.0154. The van der Waals surface area contributed by atoms with Crippen molar-refractivity contribution in [2.75, 3.05) is 39.6 Å².